The van der Waals surface area contributed by atoms with Crippen molar-refractivity contribution in [2.75, 3.05) is 20.6 Å². The van der Waals surface area contributed by atoms with Gasteiger partial charge < -0.3 is 26.2 Å². The summed E-state index contributed by atoms with van der Waals surface area (Å²) >= 11 is 0. The molecule has 0 spiro atoms. The number of Topliss-reactive ketones (excluding diaryl/α,β-unsaturated/α-hetero) is 2. The lowest BCUT2D eigenvalue weighted by Crippen LogP contribution is -2.63. The second-order valence-electron chi connectivity index (χ2n) is 12.6. The predicted octanol–water partition coefficient (Wildman–Crippen LogP) is 2.25. The first kappa shape index (κ1) is 30.0. The van der Waals surface area contributed by atoms with Crippen LogP contribution < -0.4 is 5.73 Å². The lowest BCUT2D eigenvalue weighted by atomic mass is 9.58. The SMILES string of the molecule is CCN(Cc1cc(O)c2c(c1F)C[C@H]1C[C@H]3[C@H](N(C)C)C(O)=C(C(N)=O)C(=O)[C@@]3(O)C(O)=C1C2=O)C1Cc2ccccc2C1. The Kier molecular flexibility index (Phi) is 7.18. The van der Waals surface area contributed by atoms with Gasteiger partial charge in [-0.25, -0.2) is 4.39 Å². The molecule has 4 aliphatic rings. The van der Waals surface area contributed by atoms with E-state index < -0.39 is 69.6 Å². The van der Waals surface area contributed by atoms with Gasteiger partial charge in [-0.3, -0.25) is 24.2 Å². The Morgan fingerprint density at radius 1 is 1.09 bits per heavy atom. The molecule has 6 rings (SSSR count). The summed E-state index contributed by atoms with van der Waals surface area (Å²) in [5.41, 5.74) is 3.87. The highest BCUT2D eigenvalue weighted by atomic mass is 19.1. The Morgan fingerprint density at radius 3 is 2.30 bits per heavy atom. The van der Waals surface area contributed by atoms with E-state index in [1.54, 1.807) is 14.1 Å². The van der Waals surface area contributed by atoms with E-state index in [2.05, 4.69) is 17.0 Å². The fraction of sp³-hybridized carbons (Fsp3) is 0.424. The number of hydrogen-bond donors (Lipinski definition) is 5. The zero-order valence-corrected chi connectivity index (χ0v) is 24.8. The lowest BCUT2D eigenvalue weighted by molar-refractivity contribution is -0.148. The van der Waals surface area contributed by atoms with Crippen molar-refractivity contribution >= 4 is 17.5 Å². The number of fused-ring (bicyclic) bond motifs is 4. The number of ketones is 2. The maximum absolute atomic E-state index is 16.3. The van der Waals surface area contributed by atoms with Gasteiger partial charge in [-0.1, -0.05) is 31.2 Å². The summed E-state index contributed by atoms with van der Waals surface area (Å²) in [6.45, 7) is 2.84. The summed E-state index contributed by atoms with van der Waals surface area (Å²) in [6, 6.07) is 8.46. The summed E-state index contributed by atoms with van der Waals surface area (Å²) in [4.78, 5) is 43.0. The highest BCUT2D eigenvalue weighted by Gasteiger charge is 2.63. The average molecular weight is 606 g/mol. The molecule has 1 amide bonds. The monoisotopic (exact) mass is 605 g/mol. The number of aliphatic hydroxyl groups is 3. The van der Waals surface area contributed by atoms with Crippen LogP contribution in [0.5, 0.6) is 5.75 Å². The molecule has 6 N–H and O–H groups in total. The molecule has 2 aromatic carbocycles. The molecule has 232 valence electrons. The number of carbonyl (C=O) groups excluding carboxylic acids is 3. The molecule has 11 heteroatoms. The van der Waals surface area contributed by atoms with Crippen LogP contribution in [0.1, 0.15) is 46.0 Å². The number of likely N-dealkylation sites (N-methyl/N-ethyl adjacent to an activating group) is 2. The second-order valence-corrected chi connectivity index (χ2v) is 12.6. The van der Waals surface area contributed by atoms with Crippen LogP contribution in [0.25, 0.3) is 0 Å². The maximum atomic E-state index is 16.3. The van der Waals surface area contributed by atoms with E-state index >= 15 is 4.39 Å². The van der Waals surface area contributed by atoms with Gasteiger partial charge in [0.15, 0.2) is 11.4 Å². The highest BCUT2D eigenvalue weighted by Crippen LogP contribution is 2.52. The van der Waals surface area contributed by atoms with Crippen LogP contribution in [-0.2, 0) is 35.4 Å². The van der Waals surface area contributed by atoms with Gasteiger partial charge in [-0.15, -0.1) is 0 Å². The van der Waals surface area contributed by atoms with Gasteiger partial charge in [0.1, 0.15) is 28.7 Å². The van der Waals surface area contributed by atoms with Gasteiger partial charge in [0.25, 0.3) is 5.91 Å². The number of amides is 1. The fourth-order valence-electron chi connectivity index (χ4n) is 7.98. The molecule has 0 unspecified atom stereocenters. The molecule has 0 radical (unpaired) electrons. The van der Waals surface area contributed by atoms with E-state index in [0.717, 1.165) is 12.8 Å². The Balaban J connectivity index is 1.39. The molecule has 0 bridgehead atoms. The van der Waals surface area contributed by atoms with Crippen LogP contribution in [0.3, 0.4) is 0 Å². The smallest absolute Gasteiger partial charge is 0.255 e. The fourth-order valence-corrected chi connectivity index (χ4v) is 7.98. The number of halogens is 1. The number of nitrogens with two attached hydrogens (primary N) is 1. The van der Waals surface area contributed by atoms with Crippen molar-refractivity contribution in [3.63, 3.8) is 0 Å². The molecular formula is C33H36FN3O7. The minimum absolute atomic E-state index is 0.00359. The molecule has 0 heterocycles. The summed E-state index contributed by atoms with van der Waals surface area (Å²) in [7, 11) is 3.11. The van der Waals surface area contributed by atoms with Crippen molar-refractivity contribution in [1.82, 2.24) is 9.80 Å². The van der Waals surface area contributed by atoms with Gasteiger partial charge in [-0.2, -0.15) is 0 Å². The summed E-state index contributed by atoms with van der Waals surface area (Å²) in [5.74, 6) is -8.23. The van der Waals surface area contributed by atoms with Gasteiger partial charge in [-0.05, 0) is 69.4 Å². The van der Waals surface area contributed by atoms with Crippen LogP contribution >= 0.6 is 0 Å². The van der Waals surface area contributed by atoms with Crippen LogP contribution in [-0.4, -0.2) is 86.0 Å². The molecule has 10 nitrogen and oxygen atoms in total. The third-order valence-electron chi connectivity index (χ3n) is 10.1. The third kappa shape index (κ3) is 4.21. The minimum atomic E-state index is -2.74. The summed E-state index contributed by atoms with van der Waals surface area (Å²) in [6.07, 6.45) is 1.46. The highest BCUT2D eigenvalue weighted by molar-refractivity contribution is 6.24. The Morgan fingerprint density at radius 2 is 1.73 bits per heavy atom. The number of benzene rings is 2. The topological polar surface area (TPSA) is 165 Å². The van der Waals surface area contributed by atoms with Crippen molar-refractivity contribution in [1.29, 1.82) is 0 Å². The standard InChI is InChI=1S/C33H36FN3O7/c1-4-37(19-9-15-7-5-6-8-16(15)10-19)14-18-13-22(38)24-20(26(18)34)11-17-12-21-27(36(2)3)29(40)25(32(35)43)31(42)33(21,44)30(41)23(17)28(24)39/h5-8,13,17,19,21,27,38,40-41,44H,4,9-12,14H2,1-3H3,(H2,35,43)/t17-,21-,27-,33-/m0/s1. The number of carbonyl (C=O) groups is 3. The van der Waals surface area contributed by atoms with Crippen molar-refractivity contribution in [3.05, 3.63) is 86.6 Å². The number of aromatic hydroxyl groups is 1. The zero-order chi connectivity index (χ0) is 31.8. The van der Waals surface area contributed by atoms with Crippen LogP contribution in [0, 0.1) is 17.7 Å². The van der Waals surface area contributed by atoms with E-state index in [1.807, 2.05) is 19.1 Å². The van der Waals surface area contributed by atoms with Gasteiger partial charge in [0.2, 0.25) is 5.78 Å². The zero-order valence-electron chi connectivity index (χ0n) is 24.8. The molecule has 0 saturated carbocycles. The molecule has 4 atom stereocenters. The predicted molar refractivity (Wildman–Crippen MR) is 157 cm³/mol. The van der Waals surface area contributed by atoms with Crippen molar-refractivity contribution in [2.45, 2.75) is 56.8 Å². The number of rotatable bonds is 6. The van der Waals surface area contributed by atoms with Crippen molar-refractivity contribution in [3.8, 4) is 5.75 Å². The quantitative estimate of drug-likeness (QED) is 0.311. The molecule has 0 fully saturated rings. The van der Waals surface area contributed by atoms with Crippen molar-refractivity contribution < 1.29 is 39.2 Å². The molecule has 4 aliphatic carbocycles. The van der Waals surface area contributed by atoms with E-state index in [9.17, 15) is 34.8 Å². The Labute approximate surface area is 253 Å². The van der Waals surface area contributed by atoms with Crippen molar-refractivity contribution in [2.24, 2.45) is 17.6 Å². The summed E-state index contributed by atoms with van der Waals surface area (Å²) < 4.78 is 16.3. The first-order valence-corrected chi connectivity index (χ1v) is 14.8. The number of phenols is 1. The summed E-state index contributed by atoms with van der Waals surface area (Å²) in [5, 5.41) is 45.1. The minimum Gasteiger partial charge on any atom is -0.510 e. The van der Waals surface area contributed by atoms with Gasteiger partial charge in [0.05, 0.1) is 11.6 Å². The average Bonchev–Trinajstić information content (AvgIpc) is 3.39. The first-order valence-electron chi connectivity index (χ1n) is 14.8. The molecular weight excluding hydrogens is 569 g/mol. The number of primary amides is 1. The van der Waals surface area contributed by atoms with Crippen LogP contribution in [0.2, 0.25) is 0 Å². The second kappa shape index (κ2) is 10.5. The maximum Gasteiger partial charge on any atom is 0.255 e. The number of hydrogen-bond acceptors (Lipinski definition) is 9. The molecule has 44 heavy (non-hydrogen) atoms. The number of aliphatic hydroxyl groups excluding tert-OH is 2. The van der Waals surface area contributed by atoms with E-state index in [0.29, 0.717) is 6.54 Å². The van der Waals surface area contributed by atoms with E-state index in [4.69, 9.17) is 5.73 Å². The Hall–Kier alpha value is -4.06. The Bertz CT molecular complexity index is 1660. The normalized spacial score (nSPS) is 26.7. The third-order valence-corrected chi connectivity index (χ3v) is 10.1. The number of nitrogens with zero attached hydrogens (tertiary/aromatic N) is 2. The van der Waals surface area contributed by atoms with Crippen LogP contribution in [0.4, 0.5) is 4.39 Å². The largest absolute Gasteiger partial charge is 0.510 e. The van der Waals surface area contributed by atoms with E-state index in [1.165, 1.54) is 22.1 Å². The number of allylic oxidation sites excluding steroid dienone is 1. The molecule has 0 aliphatic heterocycles. The van der Waals surface area contributed by atoms with E-state index in [-0.39, 0.29) is 47.7 Å². The van der Waals surface area contributed by atoms with Crippen LogP contribution in [0.15, 0.2) is 53.0 Å². The van der Waals surface area contributed by atoms with Gasteiger partial charge >= 0.3 is 0 Å². The van der Waals surface area contributed by atoms with Gasteiger partial charge in [0, 0.05) is 35.2 Å². The molecule has 0 aromatic heterocycles. The first-order chi connectivity index (χ1) is 20.8. The lowest BCUT2D eigenvalue weighted by Gasteiger charge is -2.50. The number of phenolic OH excluding ortho intramolecular Hbond substituents is 1. The molecule has 0 saturated heterocycles. The molecule has 2 aromatic rings.